The number of hydrogen-bond donors (Lipinski definition) is 2. The Morgan fingerprint density at radius 2 is 1.05 bits per heavy atom. The molecule has 0 aliphatic carbocycles. The summed E-state index contributed by atoms with van der Waals surface area (Å²) < 4.78 is 1.52. The predicted molar refractivity (Wildman–Crippen MR) is 186 cm³/mol. The normalized spacial score (nSPS) is 12.4. The van der Waals surface area contributed by atoms with Crippen LogP contribution in [-0.4, -0.2) is 28.1 Å². The van der Waals surface area contributed by atoms with E-state index in [1.54, 1.807) is 0 Å². The van der Waals surface area contributed by atoms with Gasteiger partial charge in [-0.1, -0.05) is 104 Å². The molecule has 0 aromatic heterocycles. The van der Waals surface area contributed by atoms with Crippen LogP contribution in [0, 0.1) is 0 Å². The van der Waals surface area contributed by atoms with E-state index in [1.807, 2.05) is 0 Å². The Morgan fingerprint density at radius 3 is 1.52 bits per heavy atom. The number of rotatable bonds is 17. The van der Waals surface area contributed by atoms with Gasteiger partial charge < -0.3 is 15.7 Å². The molecular formula is C39H62N2O2Pd. The molecule has 4 nitrogen and oxygen atoms in total. The largest absolute Gasteiger partial charge is 0.493 e. The van der Waals surface area contributed by atoms with Crippen LogP contribution in [0.15, 0.2) is 59.7 Å². The van der Waals surface area contributed by atoms with Gasteiger partial charge in [0.15, 0.2) is 0 Å². The van der Waals surface area contributed by atoms with Crippen LogP contribution < -0.4 is 0 Å². The Balaban J connectivity index is 0.00000146. The van der Waals surface area contributed by atoms with Gasteiger partial charge in [-0.15, -0.1) is 0 Å². The standard InChI is InChI=1S/C31H42N2.2C4H10O.Pd/c1-5-9-12-18-29-28(17-11-7-3)30(26-21-19-25(20-22-26)14-10-6-2)33(32)31(29)27-16-13-15-24(8-4)23-27;2*1-2-3-4-5;/h13,15-16,19-23H,5-12,14,17-18H2,1-4H3;2*5H,2-4H2,1H3;. The second-order valence-corrected chi connectivity index (χ2v) is 11.5. The first-order valence-corrected chi connectivity index (χ1v) is 17.3. The molecule has 0 unspecified atom stereocenters. The summed E-state index contributed by atoms with van der Waals surface area (Å²) >= 11 is 0. The molecule has 2 aromatic rings. The van der Waals surface area contributed by atoms with E-state index in [9.17, 15) is 5.53 Å². The molecule has 3 rings (SSSR count). The van der Waals surface area contributed by atoms with Crippen molar-refractivity contribution < 1.29 is 35.3 Å². The number of hydrogen-bond acceptors (Lipinski definition) is 2. The van der Waals surface area contributed by atoms with Crippen LogP contribution in [-0.2, 0) is 33.3 Å². The molecule has 0 saturated carbocycles. The average molecular weight is 697 g/mol. The zero-order valence-corrected chi connectivity index (χ0v) is 30.3. The Morgan fingerprint density at radius 1 is 0.545 bits per heavy atom. The Kier molecular flexibility index (Phi) is 25.2. The maximum atomic E-state index is 11.6. The second-order valence-electron chi connectivity index (χ2n) is 11.5. The van der Waals surface area contributed by atoms with E-state index in [2.05, 4.69) is 90.1 Å². The fourth-order valence-electron chi connectivity index (χ4n) is 5.16. The molecule has 0 amide bonds. The first-order valence-electron chi connectivity index (χ1n) is 17.3. The summed E-state index contributed by atoms with van der Waals surface area (Å²) in [5.74, 6) is 0. The molecule has 0 fully saturated rings. The first-order chi connectivity index (χ1) is 21.0. The average Bonchev–Trinajstić information content (AvgIpc) is 3.31. The summed E-state index contributed by atoms with van der Waals surface area (Å²) in [5.41, 5.74) is 21.3. The molecule has 0 radical (unpaired) electrons. The maximum Gasteiger partial charge on any atom is 0.211 e. The van der Waals surface area contributed by atoms with Crippen molar-refractivity contribution in [2.24, 2.45) is 0 Å². The van der Waals surface area contributed by atoms with Gasteiger partial charge in [0.2, 0.25) is 11.4 Å². The number of aliphatic hydroxyl groups excluding tert-OH is 2. The molecule has 44 heavy (non-hydrogen) atoms. The van der Waals surface area contributed by atoms with Crippen LogP contribution in [0.5, 0.6) is 0 Å². The third-order valence-corrected chi connectivity index (χ3v) is 7.85. The molecule has 5 heteroatoms. The van der Waals surface area contributed by atoms with E-state index in [0.29, 0.717) is 13.2 Å². The van der Waals surface area contributed by atoms with Crippen LogP contribution in [0.25, 0.3) is 16.9 Å². The van der Waals surface area contributed by atoms with Gasteiger partial charge in [-0.25, -0.2) is 4.70 Å². The van der Waals surface area contributed by atoms with E-state index in [-0.39, 0.29) is 20.4 Å². The van der Waals surface area contributed by atoms with Crippen molar-refractivity contribution >= 4 is 11.4 Å². The van der Waals surface area contributed by atoms with Crippen molar-refractivity contribution in [3.63, 3.8) is 0 Å². The van der Waals surface area contributed by atoms with Crippen LogP contribution in [0.3, 0.4) is 0 Å². The van der Waals surface area contributed by atoms with Crippen LogP contribution >= 0.6 is 0 Å². The van der Waals surface area contributed by atoms with Crippen LogP contribution in [0.4, 0.5) is 0 Å². The van der Waals surface area contributed by atoms with Crippen molar-refractivity contribution in [3.05, 3.63) is 87.5 Å². The summed E-state index contributed by atoms with van der Waals surface area (Å²) in [5, 5.41) is 16.1. The predicted octanol–water partition coefficient (Wildman–Crippen LogP) is 11.1. The second kappa shape index (κ2) is 26.3. The van der Waals surface area contributed by atoms with Crippen molar-refractivity contribution in [1.82, 2.24) is 0 Å². The van der Waals surface area contributed by atoms with Gasteiger partial charge in [-0.05, 0) is 93.2 Å². The maximum absolute atomic E-state index is 11.6. The number of aliphatic hydroxyl groups is 2. The molecule has 0 atom stereocenters. The minimum Gasteiger partial charge on any atom is -0.493 e. The molecule has 250 valence electrons. The third-order valence-electron chi connectivity index (χ3n) is 7.85. The Hall–Kier alpha value is -1.90. The van der Waals surface area contributed by atoms with E-state index >= 15 is 0 Å². The van der Waals surface area contributed by atoms with Gasteiger partial charge >= 0.3 is 0 Å². The number of aryl methyl sites for hydroxylation is 2. The molecule has 1 aliphatic rings. The van der Waals surface area contributed by atoms with Gasteiger partial charge in [0.25, 0.3) is 0 Å². The molecule has 2 aromatic carbocycles. The fraction of sp³-hybridized carbons (Fsp3) is 0.590. The number of nitrogens with zero attached hydrogens (tertiary/aromatic N) is 2. The van der Waals surface area contributed by atoms with E-state index < -0.39 is 0 Å². The van der Waals surface area contributed by atoms with Crippen LogP contribution in [0.1, 0.15) is 147 Å². The topological polar surface area (TPSA) is 65.8 Å². The van der Waals surface area contributed by atoms with Gasteiger partial charge in [0.1, 0.15) is 0 Å². The summed E-state index contributed by atoms with van der Waals surface area (Å²) in [6, 6.07) is 17.6. The van der Waals surface area contributed by atoms with E-state index in [4.69, 9.17) is 10.2 Å². The Labute approximate surface area is 284 Å². The molecule has 2 N–H and O–H groups in total. The summed E-state index contributed by atoms with van der Waals surface area (Å²) in [7, 11) is 0. The first kappa shape index (κ1) is 42.1. The van der Waals surface area contributed by atoms with Crippen molar-refractivity contribution in [2.75, 3.05) is 13.2 Å². The molecule has 0 spiro atoms. The molecule has 0 bridgehead atoms. The summed E-state index contributed by atoms with van der Waals surface area (Å²) in [6.45, 7) is 13.7. The van der Waals surface area contributed by atoms with E-state index in [1.165, 1.54) is 52.7 Å². The summed E-state index contributed by atoms with van der Waals surface area (Å²) in [4.78, 5) is 0. The van der Waals surface area contributed by atoms with E-state index in [0.717, 1.165) is 93.2 Å². The monoisotopic (exact) mass is 696 g/mol. The van der Waals surface area contributed by atoms with Crippen molar-refractivity contribution in [3.8, 4) is 0 Å². The zero-order valence-electron chi connectivity index (χ0n) is 28.7. The Bertz CT molecular complexity index is 1100. The number of unbranched alkanes of at least 4 members (excludes halogenated alkanes) is 6. The van der Waals surface area contributed by atoms with Crippen LogP contribution in [0.2, 0.25) is 0 Å². The third kappa shape index (κ3) is 14.5. The quantitative estimate of drug-likeness (QED) is 0.0982. The van der Waals surface area contributed by atoms with Gasteiger partial charge in [-0.3, -0.25) is 0 Å². The SMILES string of the molecule is CCCCCC1=C(c2cccc(CC)c2)[N+](=[N-])C(c2ccc(CCCC)cc2)=C1CCCC.CCCCO.CCCCO.[Pd]. The number of allylic oxidation sites excluding steroid dienone is 2. The zero-order chi connectivity index (χ0) is 31.9. The smallest absolute Gasteiger partial charge is 0.211 e. The molecule has 1 heterocycles. The van der Waals surface area contributed by atoms with Gasteiger partial charge in [0, 0.05) is 55.9 Å². The fourth-order valence-corrected chi connectivity index (χ4v) is 5.16. The minimum absolute atomic E-state index is 0. The molecule has 0 saturated heterocycles. The summed E-state index contributed by atoms with van der Waals surface area (Å²) in [6.07, 6.45) is 16.5. The molecular weight excluding hydrogens is 635 g/mol. The minimum atomic E-state index is 0. The van der Waals surface area contributed by atoms with Gasteiger partial charge in [-0.2, -0.15) is 0 Å². The van der Waals surface area contributed by atoms with Crippen molar-refractivity contribution in [1.29, 1.82) is 0 Å². The van der Waals surface area contributed by atoms with Gasteiger partial charge in [0.05, 0.1) is 0 Å². The number of benzene rings is 2. The van der Waals surface area contributed by atoms with Crippen molar-refractivity contribution in [2.45, 2.75) is 138 Å². The molecule has 1 aliphatic heterocycles.